The summed E-state index contributed by atoms with van der Waals surface area (Å²) in [6.07, 6.45) is 12.5. The van der Waals surface area contributed by atoms with Gasteiger partial charge in [-0.3, -0.25) is 24.9 Å². The maximum Gasteiger partial charge on any atom is 0.321 e. The SMILES string of the molecule is C.C[C@H]1CN(C)C2(CCCC2)CN1C(=O)N1Cc2c(N)n[nH]c2C1(C)C.Cc1cnc(F)c(CC2=NCC3=C2CN(C(=O)N2CC4(CCCC4)N(C)C[C@@H]2C)C3(C)C)n1.Cc1ncc(F)c(Cl)n1. The summed E-state index contributed by atoms with van der Waals surface area (Å²) in [5, 5.41) is 7.03. The Bertz CT molecular complexity index is 2440. The fraction of sp³-hybridized carbons (Fsp3) is 0.673. The summed E-state index contributed by atoms with van der Waals surface area (Å²) in [4.78, 5) is 60.6. The van der Waals surface area contributed by atoms with Crippen LogP contribution in [-0.4, -0.2) is 159 Å². The summed E-state index contributed by atoms with van der Waals surface area (Å²) in [6.45, 7) is 21.2. The zero-order chi connectivity index (χ0) is 48.4. The molecular formula is C49H73ClF2N14O2. The Morgan fingerprint density at radius 3 is 1.88 bits per heavy atom. The highest BCUT2D eigenvalue weighted by molar-refractivity contribution is 6.29. The van der Waals surface area contributed by atoms with E-state index in [-0.39, 0.29) is 47.8 Å². The number of nitrogens with one attached hydrogen (secondary N) is 1. The molecule has 2 aliphatic carbocycles. The van der Waals surface area contributed by atoms with Crippen molar-refractivity contribution >= 4 is 35.2 Å². The van der Waals surface area contributed by atoms with Crippen molar-refractivity contribution in [2.75, 3.05) is 59.1 Å². The number of halogens is 3. The van der Waals surface area contributed by atoms with Gasteiger partial charge >= 0.3 is 12.1 Å². The Morgan fingerprint density at radius 1 is 0.824 bits per heavy atom. The summed E-state index contributed by atoms with van der Waals surface area (Å²) < 4.78 is 26.5. The topological polar surface area (TPSA) is 172 Å². The third-order valence-electron chi connectivity index (χ3n) is 16.2. The Labute approximate surface area is 406 Å². The van der Waals surface area contributed by atoms with Gasteiger partial charge in [-0.2, -0.15) is 9.49 Å². The summed E-state index contributed by atoms with van der Waals surface area (Å²) in [6, 6.07) is 0.627. The normalized spacial score (nSPS) is 24.3. The molecule has 372 valence electrons. The van der Waals surface area contributed by atoms with E-state index in [1.54, 1.807) is 6.92 Å². The average Bonchev–Trinajstić information content (AvgIpc) is 4.14. The second-order valence-corrected chi connectivity index (χ2v) is 21.5. The monoisotopic (exact) mass is 963 g/mol. The molecule has 5 aliphatic heterocycles. The predicted octanol–water partition coefficient (Wildman–Crippen LogP) is 7.71. The Kier molecular flexibility index (Phi) is 14.4. The first kappa shape index (κ1) is 51.1. The molecule has 4 amide bonds. The van der Waals surface area contributed by atoms with Gasteiger partial charge in [-0.15, -0.1) is 0 Å². The molecule has 68 heavy (non-hydrogen) atoms. The molecule has 0 unspecified atom stereocenters. The second-order valence-electron chi connectivity index (χ2n) is 21.1. The van der Waals surface area contributed by atoms with E-state index in [4.69, 9.17) is 22.3 Å². The van der Waals surface area contributed by atoms with Gasteiger partial charge in [0, 0.05) is 67.0 Å². The molecule has 3 aromatic heterocycles. The quantitative estimate of drug-likeness (QED) is 0.243. The number of aliphatic imine (C=N–C) groups is 1. The number of fused-ring (bicyclic) bond motifs is 1. The summed E-state index contributed by atoms with van der Waals surface area (Å²) in [5.74, 6) is -0.142. The third-order valence-corrected chi connectivity index (χ3v) is 16.4. The molecule has 2 spiro atoms. The van der Waals surface area contributed by atoms with Crippen molar-refractivity contribution in [3.05, 3.63) is 68.9 Å². The number of H-pyrrole nitrogens is 1. The van der Waals surface area contributed by atoms with Crippen LogP contribution in [0.4, 0.5) is 24.2 Å². The molecule has 10 rings (SSSR count). The van der Waals surface area contributed by atoms with Crippen molar-refractivity contribution in [1.82, 2.24) is 59.5 Å². The number of amides is 4. The fourth-order valence-corrected chi connectivity index (χ4v) is 12.0. The second kappa shape index (κ2) is 19.2. The van der Waals surface area contributed by atoms with Crippen LogP contribution in [-0.2, 0) is 18.5 Å². The van der Waals surface area contributed by atoms with E-state index >= 15 is 0 Å². The zero-order valence-corrected chi connectivity index (χ0v) is 41.8. The maximum absolute atomic E-state index is 14.3. The molecule has 4 fully saturated rings. The number of aryl methyl sites for hydroxylation is 2. The van der Waals surface area contributed by atoms with Gasteiger partial charge in [0.1, 0.15) is 11.5 Å². The first-order valence-electron chi connectivity index (χ1n) is 23.9. The van der Waals surface area contributed by atoms with Gasteiger partial charge in [0.25, 0.3) is 0 Å². The third kappa shape index (κ3) is 9.20. The number of carbonyl (C=O) groups excluding carboxylic acids is 2. The fourth-order valence-electron chi connectivity index (χ4n) is 11.9. The molecule has 8 heterocycles. The largest absolute Gasteiger partial charge is 0.382 e. The number of likely N-dealkylation sites (N-methyl/N-ethyl adjacent to an activating group) is 2. The van der Waals surface area contributed by atoms with E-state index in [9.17, 15) is 18.4 Å². The molecule has 2 atom stereocenters. The van der Waals surface area contributed by atoms with Crippen molar-refractivity contribution < 1.29 is 18.4 Å². The van der Waals surface area contributed by atoms with E-state index in [0.717, 1.165) is 67.8 Å². The zero-order valence-electron chi connectivity index (χ0n) is 41.0. The smallest absolute Gasteiger partial charge is 0.321 e. The van der Waals surface area contributed by atoms with Crippen molar-refractivity contribution in [2.45, 2.75) is 161 Å². The van der Waals surface area contributed by atoms with Crippen molar-refractivity contribution in [1.29, 1.82) is 0 Å². The van der Waals surface area contributed by atoms with Gasteiger partial charge in [-0.05, 0) is 106 Å². The number of anilines is 1. The van der Waals surface area contributed by atoms with Gasteiger partial charge in [-0.1, -0.05) is 44.7 Å². The molecule has 0 bridgehead atoms. The first-order chi connectivity index (χ1) is 31.6. The molecule has 7 aliphatic rings. The average molecular weight is 964 g/mol. The summed E-state index contributed by atoms with van der Waals surface area (Å²) in [7, 11) is 4.44. The van der Waals surface area contributed by atoms with Crippen molar-refractivity contribution in [3.8, 4) is 0 Å². The number of urea groups is 2. The lowest BCUT2D eigenvalue weighted by molar-refractivity contribution is -0.00744. The molecule has 3 aromatic rings. The van der Waals surface area contributed by atoms with E-state index in [2.05, 4.69) is 105 Å². The van der Waals surface area contributed by atoms with E-state index in [1.165, 1.54) is 50.3 Å². The molecule has 3 N–H and O–H groups in total. The molecule has 2 saturated heterocycles. The first-order valence-corrected chi connectivity index (χ1v) is 24.3. The number of nitrogens with two attached hydrogens (primary N) is 1. The van der Waals surface area contributed by atoms with Gasteiger partial charge in [-0.25, -0.2) is 28.9 Å². The Hall–Kier alpha value is -4.81. The number of nitrogens with zero attached hydrogens (tertiary/aromatic N) is 12. The molecule has 19 heteroatoms. The Morgan fingerprint density at radius 2 is 1.37 bits per heavy atom. The molecule has 2 saturated carbocycles. The van der Waals surface area contributed by atoms with Crippen molar-refractivity contribution in [2.24, 2.45) is 4.99 Å². The Balaban J connectivity index is 0.000000172. The highest BCUT2D eigenvalue weighted by Gasteiger charge is 2.52. The van der Waals surface area contributed by atoms with Gasteiger partial charge in [0.05, 0.1) is 54.5 Å². The number of hydrogen-bond donors (Lipinski definition) is 2. The highest BCUT2D eigenvalue weighted by Crippen LogP contribution is 2.45. The maximum atomic E-state index is 14.3. The number of piperazine rings is 2. The lowest BCUT2D eigenvalue weighted by Gasteiger charge is -2.52. The van der Waals surface area contributed by atoms with Crippen LogP contribution < -0.4 is 5.73 Å². The van der Waals surface area contributed by atoms with Crippen LogP contribution in [0, 0.1) is 25.6 Å². The molecule has 0 radical (unpaired) electrons. The minimum absolute atomic E-state index is 0. The van der Waals surface area contributed by atoms with Crippen LogP contribution in [0.25, 0.3) is 0 Å². The minimum Gasteiger partial charge on any atom is -0.382 e. The number of carbonyl (C=O) groups is 2. The number of hydrogen-bond acceptors (Lipinski definition) is 11. The molecular weight excluding hydrogens is 890 g/mol. The van der Waals surface area contributed by atoms with Crippen LogP contribution in [0.2, 0.25) is 5.15 Å². The molecule has 16 nitrogen and oxygen atoms in total. The lowest BCUT2D eigenvalue weighted by Crippen LogP contribution is -2.66. The predicted molar refractivity (Wildman–Crippen MR) is 261 cm³/mol. The standard InChI is InChI=1S/C25H35FN6O.C18H30N6O.C5H4ClFN2.CH4/c1-16-11-28-22(26)21(29-16)10-20-18-14-32(24(3,4)19(18)12-27-20)23(33)31-15-25(8-6-7-9-25)30(5)13-17(31)2;1-12-9-22(4)18(7-5-6-8-18)11-23(12)16(25)24-10-13-14(17(24,2)3)20-21-15(13)19;1-3-8-2-4(7)5(6)9-3;/h11,17H,6-10,12-15H2,1-5H3;12H,5-11H2,1-4H3,(H3,19,20,21);2H,1H3;1H4/t17-;12-;;/m00../s1. The van der Waals surface area contributed by atoms with Crippen molar-refractivity contribution in [3.63, 3.8) is 0 Å². The van der Waals surface area contributed by atoms with Crippen LogP contribution in [0.3, 0.4) is 0 Å². The van der Waals surface area contributed by atoms with Crippen LogP contribution in [0.5, 0.6) is 0 Å². The van der Waals surface area contributed by atoms with Crippen LogP contribution >= 0.6 is 11.6 Å². The van der Waals surface area contributed by atoms with Gasteiger partial charge in [0.2, 0.25) is 5.95 Å². The number of aromatic amines is 1. The highest BCUT2D eigenvalue weighted by atomic mass is 35.5. The lowest BCUT2D eigenvalue weighted by atomic mass is 9.90. The van der Waals surface area contributed by atoms with Gasteiger partial charge in [0.15, 0.2) is 16.8 Å². The minimum atomic E-state index is -0.581. The number of aromatic nitrogens is 6. The van der Waals surface area contributed by atoms with E-state index < -0.39 is 22.8 Å². The molecule has 0 aromatic carbocycles. The van der Waals surface area contributed by atoms with Crippen LogP contribution in [0.1, 0.15) is 129 Å². The summed E-state index contributed by atoms with van der Waals surface area (Å²) in [5.41, 5.74) is 11.5. The number of nitrogen functional groups attached to an aromatic ring is 1. The van der Waals surface area contributed by atoms with Crippen LogP contribution in [0.15, 0.2) is 28.5 Å². The van der Waals surface area contributed by atoms with E-state index in [0.29, 0.717) is 49.1 Å². The van der Waals surface area contributed by atoms with E-state index in [1.807, 2.05) is 16.7 Å². The van der Waals surface area contributed by atoms with Gasteiger partial charge < -0.3 is 25.3 Å². The summed E-state index contributed by atoms with van der Waals surface area (Å²) >= 11 is 5.29. The number of rotatable bonds is 2.